The Balaban J connectivity index is 1.62. The molecule has 1 aliphatic carbocycles. The number of carbonyl (C=O) groups is 1. The van der Waals surface area contributed by atoms with E-state index in [1.807, 2.05) is 16.7 Å². The van der Waals surface area contributed by atoms with Crippen LogP contribution >= 0.6 is 0 Å². The van der Waals surface area contributed by atoms with Crippen LogP contribution in [0, 0.1) is 0 Å². The zero-order valence-electron chi connectivity index (χ0n) is 14.5. The van der Waals surface area contributed by atoms with Crippen molar-refractivity contribution >= 4 is 18.1 Å². The highest BCUT2D eigenvalue weighted by Crippen LogP contribution is 2.28. The first-order chi connectivity index (χ1) is 12.6. The molecule has 7 heteroatoms. The van der Waals surface area contributed by atoms with E-state index in [2.05, 4.69) is 15.3 Å². The maximum absolute atomic E-state index is 11.5. The van der Waals surface area contributed by atoms with Gasteiger partial charge in [0, 0.05) is 6.54 Å². The Labute approximate surface area is 151 Å². The minimum absolute atomic E-state index is 0.297. The van der Waals surface area contributed by atoms with Crippen molar-refractivity contribution in [3.63, 3.8) is 0 Å². The molecule has 0 spiro atoms. The number of nitrogens with zero attached hydrogens (tertiary/aromatic N) is 3. The minimum atomic E-state index is -0.878. The second kappa shape index (κ2) is 6.92. The lowest BCUT2D eigenvalue weighted by atomic mass is 9.85. The molecule has 0 unspecified atom stereocenters. The molecule has 0 bridgehead atoms. The van der Waals surface area contributed by atoms with Crippen molar-refractivity contribution in [3.8, 4) is 0 Å². The molecule has 1 aromatic heterocycles. The highest BCUT2D eigenvalue weighted by Gasteiger charge is 2.21. The Hall–Kier alpha value is -2.67. The second-order valence-electron chi connectivity index (χ2n) is 6.86. The first-order valence-electron chi connectivity index (χ1n) is 8.99. The lowest BCUT2D eigenvalue weighted by Crippen LogP contribution is -2.13. The van der Waals surface area contributed by atoms with Crippen LogP contribution in [0.25, 0.3) is 0 Å². The van der Waals surface area contributed by atoms with Gasteiger partial charge in [-0.3, -0.25) is 4.99 Å². The molecular weight excluding hydrogens is 332 g/mol. The molecule has 7 nitrogen and oxygen atoms in total. The summed E-state index contributed by atoms with van der Waals surface area (Å²) in [5.74, 6) is -0.126. The average Bonchev–Trinajstić information content (AvgIpc) is 2.96. The minimum Gasteiger partial charge on any atom is -0.478 e. The Morgan fingerprint density at radius 1 is 1.31 bits per heavy atom. The summed E-state index contributed by atoms with van der Waals surface area (Å²) < 4.78 is 1.96. The number of hydrogen-bond donors (Lipinski definition) is 3. The molecule has 4 rings (SSSR count). The van der Waals surface area contributed by atoms with Gasteiger partial charge in [0.05, 0.1) is 24.8 Å². The highest BCUT2D eigenvalue weighted by atomic mass is 16.4. The third-order valence-electron chi connectivity index (χ3n) is 5.18. The summed E-state index contributed by atoms with van der Waals surface area (Å²) in [7, 11) is 0. The summed E-state index contributed by atoms with van der Waals surface area (Å²) in [5, 5.41) is 22.6. The number of aliphatic imine (C=N–C) groups is 1. The Morgan fingerprint density at radius 2 is 2.15 bits per heavy atom. The van der Waals surface area contributed by atoms with Crippen molar-refractivity contribution in [2.75, 3.05) is 11.9 Å². The molecule has 3 N–H and O–H groups in total. The van der Waals surface area contributed by atoms with Crippen LogP contribution in [-0.4, -0.2) is 38.6 Å². The van der Waals surface area contributed by atoms with Crippen molar-refractivity contribution in [2.24, 2.45) is 4.99 Å². The molecule has 0 radical (unpaired) electrons. The number of aliphatic hydroxyl groups excluding tert-OH is 1. The molecule has 0 amide bonds. The number of carboxylic acid groups (broad SMARTS) is 1. The van der Waals surface area contributed by atoms with Crippen LogP contribution in [0.2, 0.25) is 0 Å². The van der Waals surface area contributed by atoms with Gasteiger partial charge in [-0.25, -0.2) is 9.78 Å². The summed E-state index contributed by atoms with van der Waals surface area (Å²) in [6.45, 7) is 0.955. The number of fused-ring (bicyclic) bond motifs is 2. The molecule has 2 aliphatic rings. The number of anilines is 1. The third kappa shape index (κ3) is 3.10. The Morgan fingerprint density at radius 3 is 3.00 bits per heavy atom. The maximum atomic E-state index is 11.5. The second-order valence-corrected chi connectivity index (χ2v) is 6.86. The van der Waals surface area contributed by atoms with Crippen molar-refractivity contribution < 1.29 is 15.0 Å². The van der Waals surface area contributed by atoms with Crippen LogP contribution in [0.15, 0.2) is 23.5 Å². The summed E-state index contributed by atoms with van der Waals surface area (Å²) in [4.78, 5) is 19.9. The summed E-state index contributed by atoms with van der Waals surface area (Å²) in [6, 6.07) is 3.64. The van der Waals surface area contributed by atoms with Crippen molar-refractivity contribution in [2.45, 2.75) is 44.8 Å². The SMILES string of the molecule is O=C(O)c1cc2c(c(CCn3cnc4c3NC=NC[C@H]4O)c1)CCCC2. The molecule has 1 aliphatic heterocycles. The van der Waals surface area contributed by atoms with Crippen molar-refractivity contribution in [1.82, 2.24) is 9.55 Å². The van der Waals surface area contributed by atoms with E-state index in [1.165, 1.54) is 11.1 Å². The van der Waals surface area contributed by atoms with Gasteiger partial charge in [0.2, 0.25) is 0 Å². The number of rotatable bonds is 4. The van der Waals surface area contributed by atoms with Gasteiger partial charge in [-0.15, -0.1) is 0 Å². The Kier molecular flexibility index (Phi) is 4.46. The fourth-order valence-corrected chi connectivity index (χ4v) is 3.86. The van der Waals surface area contributed by atoms with Crippen LogP contribution in [0.3, 0.4) is 0 Å². The third-order valence-corrected chi connectivity index (χ3v) is 5.18. The molecule has 136 valence electrons. The molecule has 0 saturated heterocycles. The monoisotopic (exact) mass is 354 g/mol. The van der Waals surface area contributed by atoms with E-state index in [1.54, 1.807) is 12.7 Å². The largest absolute Gasteiger partial charge is 0.478 e. The van der Waals surface area contributed by atoms with E-state index in [4.69, 9.17) is 0 Å². The fourth-order valence-electron chi connectivity index (χ4n) is 3.86. The standard InChI is InChI=1S/C19H22N4O3/c24-16-9-20-10-21-18-17(16)22-11-23(18)6-5-13-8-14(19(25)26)7-12-3-1-2-4-15(12)13/h7-8,10-11,16,24H,1-6,9H2,(H,20,21)(H,25,26)/t16-/m1/s1. The number of imidazole rings is 1. The topological polar surface area (TPSA) is 99.7 Å². The zero-order valence-corrected chi connectivity index (χ0v) is 14.5. The first-order valence-corrected chi connectivity index (χ1v) is 8.99. The maximum Gasteiger partial charge on any atom is 0.335 e. The Bertz CT molecular complexity index is 872. The number of aliphatic hydroxyl groups is 1. The number of hydrogen-bond acceptors (Lipinski definition) is 5. The number of nitrogens with one attached hydrogen (secondary N) is 1. The normalized spacial score (nSPS) is 18.6. The molecule has 1 aromatic carbocycles. The van der Waals surface area contributed by atoms with Gasteiger partial charge in [-0.1, -0.05) is 0 Å². The van der Waals surface area contributed by atoms with E-state index in [9.17, 15) is 15.0 Å². The quantitative estimate of drug-likeness (QED) is 0.781. The molecule has 2 heterocycles. The lowest BCUT2D eigenvalue weighted by Gasteiger charge is -2.21. The van der Waals surface area contributed by atoms with Gasteiger partial charge in [0.15, 0.2) is 0 Å². The molecule has 0 fully saturated rings. The van der Waals surface area contributed by atoms with Crippen LogP contribution in [0.5, 0.6) is 0 Å². The number of benzene rings is 1. The molecule has 2 aromatic rings. The molecule has 1 atom stereocenters. The number of aromatic nitrogens is 2. The summed E-state index contributed by atoms with van der Waals surface area (Å²) >= 11 is 0. The fraction of sp³-hybridized carbons (Fsp3) is 0.421. The number of carboxylic acids is 1. The van der Waals surface area contributed by atoms with Crippen molar-refractivity contribution in [1.29, 1.82) is 0 Å². The molecular formula is C19H22N4O3. The lowest BCUT2D eigenvalue weighted by molar-refractivity contribution is 0.0696. The van der Waals surface area contributed by atoms with Gasteiger partial charge in [0.25, 0.3) is 0 Å². The van der Waals surface area contributed by atoms with Gasteiger partial charge in [0.1, 0.15) is 17.6 Å². The zero-order chi connectivity index (χ0) is 18.1. The summed E-state index contributed by atoms with van der Waals surface area (Å²) in [6.07, 6.45) is 7.54. The first kappa shape index (κ1) is 16.8. The highest BCUT2D eigenvalue weighted by molar-refractivity contribution is 5.88. The van der Waals surface area contributed by atoms with Crippen molar-refractivity contribution in [3.05, 3.63) is 46.4 Å². The molecule has 26 heavy (non-hydrogen) atoms. The van der Waals surface area contributed by atoms with Crippen LogP contribution in [-0.2, 0) is 25.8 Å². The van der Waals surface area contributed by atoms with E-state index in [0.29, 0.717) is 24.3 Å². The van der Waals surface area contributed by atoms with Crippen LogP contribution in [0.4, 0.5) is 5.82 Å². The van der Waals surface area contributed by atoms with Gasteiger partial charge in [-0.2, -0.15) is 0 Å². The van der Waals surface area contributed by atoms with Gasteiger partial charge in [-0.05, 0) is 60.9 Å². The predicted molar refractivity (Wildman–Crippen MR) is 97.9 cm³/mol. The van der Waals surface area contributed by atoms with Crippen LogP contribution < -0.4 is 5.32 Å². The number of aromatic carboxylic acids is 1. The van der Waals surface area contributed by atoms with Crippen LogP contribution in [0.1, 0.15) is 51.7 Å². The number of aryl methyl sites for hydroxylation is 3. The van der Waals surface area contributed by atoms with E-state index in [-0.39, 0.29) is 0 Å². The predicted octanol–water partition coefficient (Wildman–Crippen LogP) is 2.19. The van der Waals surface area contributed by atoms with Gasteiger partial charge >= 0.3 is 5.97 Å². The smallest absolute Gasteiger partial charge is 0.335 e. The van der Waals surface area contributed by atoms with E-state index >= 15 is 0 Å². The molecule has 0 saturated carbocycles. The van der Waals surface area contributed by atoms with E-state index in [0.717, 1.165) is 43.5 Å². The summed E-state index contributed by atoms with van der Waals surface area (Å²) in [5.41, 5.74) is 4.55. The van der Waals surface area contributed by atoms with Gasteiger partial charge < -0.3 is 20.1 Å². The average molecular weight is 354 g/mol. The van der Waals surface area contributed by atoms with E-state index < -0.39 is 12.1 Å².